The second kappa shape index (κ2) is 3.91. The average molecular weight is 215 g/mol. The maximum absolute atomic E-state index is 13.0. The van der Waals surface area contributed by atoms with Crippen molar-refractivity contribution in [3.05, 3.63) is 33.6 Å². The van der Waals surface area contributed by atoms with Gasteiger partial charge < -0.3 is 10.2 Å². The molecule has 0 unspecified atom stereocenters. The maximum Gasteiger partial charge on any atom is 0.311 e. The lowest BCUT2D eigenvalue weighted by Crippen LogP contribution is -2.04. The Labute approximate surface area is 82.7 Å². The van der Waals surface area contributed by atoms with Gasteiger partial charge in [0.15, 0.2) is 0 Å². The molecule has 0 bridgehead atoms. The van der Waals surface area contributed by atoms with Gasteiger partial charge in [0.25, 0.3) is 0 Å². The van der Waals surface area contributed by atoms with Crippen molar-refractivity contribution < 1.29 is 24.3 Å². The number of carbonyl (C=O) groups is 1. The molecule has 0 amide bonds. The number of phenols is 1. The largest absolute Gasteiger partial charge is 0.502 e. The molecule has 0 fully saturated rings. The molecule has 1 rings (SSSR count). The zero-order valence-corrected chi connectivity index (χ0v) is 7.31. The summed E-state index contributed by atoms with van der Waals surface area (Å²) in [5.74, 6) is -3.31. The van der Waals surface area contributed by atoms with Crippen LogP contribution in [-0.2, 0) is 11.2 Å². The van der Waals surface area contributed by atoms with E-state index in [9.17, 15) is 24.4 Å². The van der Waals surface area contributed by atoms with Crippen molar-refractivity contribution in [2.45, 2.75) is 6.42 Å². The van der Waals surface area contributed by atoms with E-state index in [4.69, 9.17) is 5.11 Å². The number of hydrogen-bond acceptors (Lipinski definition) is 4. The Balaban J connectivity index is 3.29. The van der Waals surface area contributed by atoms with Crippen LogP contribution < -0.4 is 0 Å². The normalized spacial score (nSPS) is 9.93. The Morgan fingerprint density at radius 1 is 1.53 bits per heavy atom. The van der Waals surface area contributed by atoms with Gasteiger partial charge in [0, 0.05) is 11.6 Å². The van der Waals surface area contributed by atoms with E-state index in [0.717, 1.165) is 12.1 Å². The summed E-state index contributed by atoms with van der Waals surface area (Å²) in [4.78, 5) is 19.7. The number of halogens is 1. The molecular formula is C8H6FNO5. The van der Waals surface area contributed by atoms with Crippen molar-refractivity contribution in [1.82, 2.24) is 0 Å². The monoisotopic (exact) mass is 215 g/mol. The first-order chi connectivity index (χ1) is 6.93. The minimum Gasteiger partial charge on any atom is -0.502 e. The van der Waals surface area contributed by atoms with E-state index in [0.29, 0.717) is 0 Å². The van der Waals surface area contributed by atoms with Crippen LogP contribution in [0.1, 0.15) is 5.56 Å². The minimum atomic E-state index is -1.38. The first kappa shape index (κ1) is 10.9. The Hall–Kier alpha value is -2.18. The van der Waals surface area contributed by atoms with Crippen LogP contribution in [-0.4, -0.2) is 21.1 Å². The lowest BCUT2D eigenvalue weighted by atomic mass is 10.1. The highest BCUT2D eigenvalue weighted by atomic mass is 19.1. The number of rotatable bonds is 3. The highest BCUT2D eigenvalue weighted by Crippen LogP contribution is 2.31. The zero-order chi connectivity index (χ0) is 11.6. The number of aliphatic carboxylic acids is 1. The van der Waals surface area contributed by atoms with Crippen LogP contribution in [0.15, 0.2) is 12.1 Å². The molecule has 0 saturated heterocycles. The quantitative estimate of drug-likeness (QED) is 0.580. The number of benzene rings is 1. The molecule has 1 aromatic carbocycles. The molecule has 0 aliphatic rings. The molecule has 0 aromatic heterocycles. The number of hydrogen-bond donors (Lipinski definition) is 2. The van der Waals surface area contributed by atoms with Gasteiger partial charge in [-0.25, -0.2) is 4.39 Å². The summed E-state index contributed by atoms with van der Waals surface area (Å²) in [5.41, 5.74) is -1.30. The molecule has 80 valence electrons. The van der Waals surface area contributed by atoms with Crippen LogP contribution in [0.2, 0.25) is 0 Å². The van der Waals surface area contributed by atoms with Crippen LogP contribution in [0.5, 0.6) is 5.75 Å². The lowest BCUT2D eigenvalue weighted by Gasteiger charge is -2.03. The van der Waals surface area contributed by atoms with Gasteiger partial charge in [-0.3, -0.25) is 14.9 Å². The highest BCUT2D eigenvalue weighted by molar-refractivity contribution is 5.72. The summed E-state index contributed by atoms with van der Waals surface area (Å²) in [6, 6.07) is 1.52. The van der Waals surface area contributed by atoms with Crippen LogP contribution in [0.25, 0.3) is 0 Å². The molecule has 0 aliphatic heterocycles. The lowest BCUT2D eigenvalue weighted by molar-refractivity contribution is -0.386. The summed E-state index contributed by atoms with van der Waals surface area (Å²) in [7, 11) is 0. The summed E-state index contributed by atoms with van der Waals surface area (Å²) >= 11 is 0. The zero-order valence-electron chi connectivity index (χ0n) is 7.31. The van der Waals surface area contributed by atoms with Crippen molar-refractivity contribution in [3.8, 4) is 5.75 Å². The molecule has 0 heterocycles. The van der Waals surface area contributed by atoms with E-state index in [1.807, 2.05) is 0 Å². The van der Waals surface area contributed by atoms with Crippen LogP contribution in [0, 0.1) is 15.9 Å². The summed E-state index contributed by atoms with van der Waals surface area (Å²) in [6.07, 6.45) is -0.806. The van der Waals surface area contributed by atoms with Crippen LogP contribution in [0.4, 0.5) is 10.1 Å². The third-order valence-corrected chi connectivity index (χ3v) is 1.73. The van der Waals surface area contributed by atoms with Gasteiger partial charge in [0.05, 0.1) is 11.3 Å². The number of aromatic hydroxyl groups is 1. The van der Waals surface area contributed by atoms with E-state index in [1.165, 1.54) is 0 Å². The van der Waals surface area contributed by atoms with Crippen LogP contribution >= 0.6 is 0 Å². The van der Waals surface area contributed by atoms with Crippen LogP contribution in [0.3, 0.4) is 0 Å². The van der Waals surface area contributed by atoms with Crippen molar-refractivity contribution in [2.75, 3.05) is 0 Å². The number of nitro benzene ring substituents is 1. The van der Waals surface area contributed by atoms with Gasteiger partial charge in [-0.1, -0.05) is 0 Å². The summed E-state index contributed by atoms with van der Waals surface area (Å²) in [6.45, 7) is 0. The topological polar surface area (TPSA) is 101 Å². The number of nitro groups is 1. The third kappa shape index (κ3) is 2.19. The second-order valence-electron chi connectivity index (χ2n) is 2.72. The molecule has 0 radical (unpaired) electrons. The molecule has 0 spiro atoms. The van der Waals surface area contributed by atoms with Crippen molar-refractivity contribution in [1.29, 1.82) is 0 Å². The highest BCUT2D eigenvalue weighted by Gasteiger charge is 2.21. The molecule has 2 N–H and O–H groups in total. The molecule has 0 atom stereocenters. The Bertz CT molecular complexity index is 431. The Morgan fingerprint density at radius 3 is 2.60 bits per heavy atom. The van der Waals surface area contributed by atoms with Gasteiger partial charge in [-0.15, -0.1) is 0 Å². The van der Waals surface area contributed by atoms with Gasteiger partial charge in [-0.2, -0.15) is 0 Å². The Morgan fingerprint density at radius 2 is 2.13 bits per heavy atom. The number of nitrogens with zero attached hydrogens (tertiary/aromatic N) is 1. The number of phenolic OH excluding ortho intramolecular Hbond substituents is 1. The fourth-order valence-electron chi connectivity index (χ4n) is 1.07. The predicted molar refractivity (Wildman–Crippen MR) is 46.1 cm³/mol. The van der Waals surface area contributed by atoms with Gasteiger partial charge in [-0.05, 0) is 6.07 Å². The summed E-state index contributed by atoms with van der Waals surface area (Å²) in [5, 5.41) is 28.0. The SMILES string of the molecule is O=C(O)Cc1c(F)ccc([N+](=O)[O-])c1O. The third-order valence-electron chi connectivity index (χ3n) is 1.73. The molecule has 6 nitrogen and oxygen atoms in total. The summed E-state index contributed by atoms with van der Waals surface area (Å²) < 4.78 is 13.0. The molecule has 0 saturated carbocycles. The molecule has 1 aromatic rings. The first-order valence-electron chi connectivity index (χ1n) is 3.80. The number of carboxylic acids is 1. The first-order valence-corrected chi connectivity index (χ1v) is 3.80. The van der Waals surface area contributed by atoms with Crippen molar-refractivity contribution in [3.63, 3.8) is 0 Å². The van der Waals surface area contributed by atoms with E-state index in [-0.39, 0.29) is 0 Å². The van der Waals surface area contributed by atoms with Crippen molar-refractivity contribution in [2.24, 2.45) is 0 Å². The average Bonchev–Trinajstić information content (AvgIpc) is 2.11. The second-order valence-corrected chi connectivity index (χ2v) is 2.72. The molecule has 7 heteroatoms. The maximum atomic E-state index is 13.0. The van der Waals surface area contributed by atoms with E-state index < -0.39 is 40.1 Å². The minimum absolute atomic E-state index is 0.586. The molecular weight excluding hydrogens is 209 g/mol. The van der Waals surface area contributed by atoms with E-state index >= 15 is 0 Å². The molecule has 0 aliphatic carbocycles. The number of carboxylic acid groups (broad SMARTS) is 1. The fraction of sp³-hybridized carbons (Fsp3) is 0.125. The van der Waals surface area contributed by atoms with Gasteiger partial charge in [0.1, 0.15) is 5.82 Å². The van der Waals surface area contributed by atoms with Gasteiger partial charge in [0.2, 0.25) is 5.75 Å². The molecule has 15 heavy (non-hydrogen) atoms. The fourth-order valence-corrected chi connectivity index (χ4v) is 1.07. The standard InChI is InChI=1S/C8H6FNO5/c9-5-1-2-6(10(14)15)8(13)4(5)3-7(11)12/h1-2,13H,3H2,(H,11,12). The predicted octanol–water partition coefficient (Wildman–Crippen LogP) is 1.07. The van der Waals surface area contributed by atoms with E-state index in [1.54, 1.807) is 0 Å². The van der Waals surface area contributed by atoms with Gasteiger partial charge >= 0.3 is 11.7 Å². The van der Waals surface area contributed by atoms with Crippen molar-refractivity contribution >= 4 is 11.7 Å². The van der Waals surface area contributed by atoms with E-state index in [2.05, 4.69) is 0 Å². The Kier molecular flexibility index (Phi) is 2.84. The smallest absolute Gasteiger partial charge is 0.311 e.